The van der Waals surface area contributed by atoms with Crippen LogP contribution < -0.4 is 0 Å². The molecule has 0 fully saturated rings. The van der Waals surface area contributed by atoms with E-state index in [0.29, 0.717) is 0 Å². The van der Waals surface area contributed by atoms with Gasteiger partial charge in [-0.1, -0.05) is 48.9 Å². The van der Waals surface area contributed by atoms with Crippen molar-refractivity contribution < 1.29 is 0 Å². The quantitative estimate of drug-likeness (QED) is 0.422. The Kier molecular flexibility index (Phi) is 6.75. The molecule has 0 N–H and O–H groups in total. The third kappa shape index (κ3) is 3.89. The molecular formula is C18H18Mg. The molecule has 0 aliphatic carbocycles. The zero-order chi connectivity index (χ0) is 12.8. The number of fused-ring (bicyclic) bond motifs is 1. The average molecular weight is 259 g/mol. The Morgan fingerprint density at radius 3 is 2.21 bits per heavy atom. The second kappa shape index (κ2) is 8.08. The molecule has 0 atom stereocenters. The largest absolute Gasteiger partial charge is 2.00 e. The van der Waals surface area contributed by atoms with Gasteiger partial charge in [0.1, 0.15) is 0 Å². The van der Waals surface area contributed by atoms with Gasteiger partial charge >= 0.3 is 23.1 Å². The number of hydrogen-bond donors (Lipinski definition) is 0. The number of hydrogen-bond acceptors (Lipinski definition) is 0. The molecule has 0 bridgehead atoms. The summed E-state index contributed by atoms with van der Waals surface area (Å²) in [5.41, 5.74) is 2.62. The fraction of sp³-hybridized carbons (Fsp3) is 0.111. The van der Waals surface area contributed by atoms with Crippen molar-refractivity contribution in [1.82, 2.24) is 0 Å². The van der Waals surface area contributed by atoms with Crippen molar-refractivity contribution in [3.05, 3.63) is 73.7 Å². The maximum absolute atomic E-state index is 3.49. The molecule has 0 unspecified atom stereocenters. The summed E-state index contributed by atoms with van der Waals surface area (Å²) in [6.07, 6.45) is 1.00. The van der Waals surface area contributed by atoms with E-state index in [1.165, 1.54) is 21.9 Å². The van der Waals surface area contributed by atoms with Crippen LogP contribution in [0.2, 0.25) is 0 Å². The van der Waals surface area contributed by atoms with Crippen LogP contribution in [0.3, 0.4) is 0 Å². The van der Waals surface area contributed by atoms with Gasteiger partial charge in [-0.25, -0.2) is 0 Å². The van der Waals surface area contributed by atoms with Crippen LogP contribution in [0.5, 0.6) is 0 Å². The Labute approximate surface area is 132 Å². The van der Waals surface area contributed by atoms with Crippen LogP contribution in [0.15, 0.2) is 66.7 Å². The van der Waals surface area contributed by atoms with Crippen LogP contribution >= 0.6 is 0 Å². The second-order valence-electron chi connectivity index (χ2n) is 4.20. The van der Waals surface area contributed by atoms with E-state index in [2.05, 4.69) is 73.7 Å². The first-order valence-electron chi connectivity index (χ1n) is 6.36. The molecule has 0 saturated carbocycles. The molecule has 0 amide bonds. The molecule has 0 aliphatic heterocycles. The number of benzene rings is 2. The summed E-state index contributed by atoms with van der Waals surface area (Å²) >= 11 is 0. The maximum Gasteiger partial charge on any atom is 2.00 e. The molecule has 0 spiro atoms. The molecule has 92 valence electrons. The minimum absolute atomic E-state index is 0. The summed E-state index contributed by atoms with van der Waals surface area (Å²) in [6, 6.07) is 23.4. The third-order valence-corrected chi connectivity index (χ3v) is 2.77. The monoisotopic (exact) mass is 258 g/mol. The van der Waals surface area contributed by atoms with Gasteiger partial charge in [0, 0.05) is 0 Å². The summed E-state index contributed by atoms with van der Waals surface area (Å²) in [5, 5.41) is 2.65. The average Bonchev–Trinajstić information content (AvgIpc) is 2.84. The second-order valence-corrected chi connectivity index (χ2v) is 4.20. The molecular weight excluding hydrogens is 241 g/mol. The topological polar surface area (TPSA) is 0 Å². The van der Waals surface area contributed by atoms with Gasteiger partial charge in [-0.05, 0) is 0 Å². The number of rotatable bonds is 1. The third-order valence-electron chi connectivity index (χ3n) is 2.77. The van der Waals surface area contributed by atoms with Crippen molar-refractivity contribution in [2.24, 2.45) is 0 Å². The maximum atomic E-state index is 3.49. The molecule has 3 rings (SSSR count). The smallest absolute Gasteiger partial charge is 0.344 e. The zero-order valence-corrected chi connectivity index (χ0v) is 12.9. The molecule has 3 aromatic rings. The SMILES string of the molecule is [CH2-]CC.[Mg+2].c1ccc(-c2c[cH-]c3ccccc23)cc1. The van der Waals surface area contributed by atoms with Gasteiger partial charge < -0.3 is 6.92 Å². The van der Waals surface area contributed by atoms with Crippen molar-refractivity contribution in [2.45, 2.75) is 13.3 Å². The molecule has 0 aliphatic rings. The first kappa shape index (κ1) is 15.9. The van der Waals surface area contributed by atoms with Gasteiger partial charge in [0.2, 0.25) is 0 Å². The normalized spacial score (nSPS) is 9.37. The van der Waals surface area contributed by atoms with Gasteiger partial charge in [-0.2, -0.15) is 6.42 Å². The summed E-state index contributed by atoms with van der Waals surface area (Å²) in [4.78, 5) is 0. The van der Waals surface area contributed by atoms with Crippen LogP contribution in [-0.2, 0) is 0 Å². The minimum atomic E-state index is 0. The molecule has 1 heteroatoms. The van der Waals surface area contributed by atoms with Crippen molar-refractivity contribution >= 4 is 33.8 Å². The van der Waals surface area contributed by atoms with Gasteiger partial charge in [-0.15, -0.1) is 46.7 Å². The van der Waals surface area contributed by atoms with Gasteiger partial charge in [0.15, 0.2) is 0 Å². The van der Waals surface area contributed by atoms with E-state index in [1.807, 2.05) is 6.92 Å². The minimum Gasteiger partial charge on any atom is -0.344 e. The molecule has 0 saturated heterocycles. The predicted molar refractivity (Wildman–Crippen MR) is 86.4 cm³/mol. The van der Waals surface area contributed by atoms with E-state index < -0.39 is 0 Å². The Bertz CT molecular complexity index is 593. The van der Waals surface area contributed by atoms with Crippen LogP contribution in [0.4, 0.5) is 0 Å². The van der Waals surface area contributed by atoms with Gasteiger partial charge in [0.05, 0.1) is 0 Å². The molecule has 0 nitrogen and oxygen atoms in total. The molecule has 0 radical (unpaired) electrons. The van der Waals surface area contributed by atoms with E-state index in [4.69, 9.17) is 0 Å². The first-order valence-corrected chi connectivity index (χ1v) is 6.36. The fourth-order valence-electron chi connectivity index (χ4n) is 2.02. The van der Waals surface area contributed by atoms with Crippen molar-refractivity contribution in [2.75, 3.05) is 0 Å². The molecule has 0 aromatic heterocycles. The standard InChI is InChI=1S/C15H11.C3H7.Mg/c1-2-6-12(7-3-1)15-11-10-13-8-4-5-9-14(13)15;1-3-2;/h1-11H;1,3H2,2H3;/q2*-1;+2. The van der Waals surface area contributed by atoms with E-state index in [1.54, 1.807) is 0 Å². The van der Waals surface area contributed by atoms with Crippen LogP contribution in [0.1, 0.15) is 13.3 Å². The summed E-state index contributed by atoms with van der Waals surface area (Å²) < 4.78 is 0. The zero-order valence-electron chi connectivity index (χ0n) is 11.5. The van der Waals surface area contributed by atoms with Crippen molar-refractivity contribution in [1.29, 1.82) is 0 Å². The van der Waals surface area contributed by atoms with Crippen molar-refractivity contribution in [3.8, 4) is 11.1 Å². The van der Waals surface area contributed by atoms with Gasteiger partial charge in [0.25, 0.3) is 0 Å². The first-order chi connectivity index (χ1) is 8.86. The van der Waals surface area contributed by atoms with Crippen LogP contribution in [0.25, 0.3) is 21.9 Å². The summed E-state index contributed by atoms with van der Waals surface area (Å²) in [5.74, 6) is 0. The van der Waals surface area contributed by atoms with E-state index in [-0.39, 0.29) is 23.1 Å². The molecule has 0 heterocycles. The van der Waals surface area contributed by atoms with E-state index >= 15 is 0 Å². The Morgan fingerprint density at radius 2 is 1.53 bits per heavy atom. The fourth-order valence-corrected chi connectivity index (χ4v) is 2.02. The Morgan fingerprint density at radius 1 is 0.947 bits per heavy atom. The van der Waals surface area contributed by atoms with Crippen LogP contribution in [0, 0.1) is 6.92 Å². The Hall–Kier alpha value is -1.18. The molecule has 3 aromatic carbocycles. The van der Waals surface area contributed by atoms with Gasteiger partial charge in [-0.3, -0.25) is 0 Å². The van der Waals surface area contributed by atoms with Crippen molar-refractivity contribution in [3.63, 3.8) is 0 Å². The molecule has 19 heavy (non-hydrogen) atoms. The summed E-state index contributed by atoms with van der Waals surface area (Å²) in [6.45, 7) is 5.50. The van der Waals surface area contributed by atoms with E-state index in [0.717, 1.165) is 6.42 Å². The Balaban J connectivity index is 0.000000416. The predicted octanol–water partition coefficient (Wildman–Crippen LogP) is 5.08. The van der Waals surface area contributed by atoms with E-state index in [9.17, 15) is 0 Å². The van der Waals surface area contributed by atoms with Crippen LogP contribution in [-0.4, -0.2) is 23.1 Å². The summed E-state index contributed by atoms with van der Waals surface area (Å²) in [7, 11) is 0.